The number of hydrogen-bond donors (Lipinski definition) is 3. The van der Waals surface area contributed by atoms with E-state index in [1.165, 1.54) is 44.1 Å². The van der Waals surface area contributed by atoms with Crippen LogP contribution in [0.1, 0.15) is 56.6 Å². The second-order valence-corrected chi connectivity index (χ2v) is 10.2. The van der Waals surface area contributed by atoms with Crippen LogP contribution in [0.25, 0.3) is 0 Å². The fourth-order valence-electron chi connectivity index (χ4n) is 6.86. The third kappa shape index (κ3) is 4.17. The number of rotatable bonds is 7. The van der Waals surface area contributed by atoms with Crippen molar-refractivity contribution in [1.82, 2.24) is 0 Å². The van der Waals surface area contributed by atoms with Crippen molar-refractivity contribution in [1.29, 1.82) is 0 Å². The van der Waals surface area contributed by atoms with Crippen LogP contribution >= 0.6 is 0 Å². The molecule has 4 heteroatoms. The first-order valence-corrected chi connectivity index (χ1v) is 12.0. The normalized spacial score (nSPS) is 28.4. The van der Waals surface area contributed by atoms with Crippen LogP contribution in [0.2, 0.25) is 0 Å². The van der Waals surface area contributed by atoms with Crippen LogP contribution in [-0.4, -0.2) is 18.0 Å². The highest BCUT2D eigenvalue weighted by atomic mass is 16.1. The minimum absolute atomic E-state index is 0.00592. The summed E-state index contributed by atoms with van der Waals surface area (Å²) < 4.78 is 0. The second kappa shape index (κ2) is 8.22. The molecule has 0 unspecified atom stereocenters. The highest BCUT2D eigenvalue weighted by molar-refractivity contribution is 5.95. The molecule has 0 saturated heterocycles. The summed E-state index contributed by atoms with van der Waals surface area (Å²) in [5, 5.41) is 10.5. The smallest absolute Gasteiger partial charge is 0.243 e. The molecule has 0 spiro atoms. The minimum Gasteiger partial charge on any atom is -0.378 e. The molecule has 0 atom stereocenters. The Hall–Kier alpha value is -2.49. The highest BCUT2D eigenvalue weighted by Gasteiger charge is 2.51. The van der Waals surface area contributed by atoms with Crippen LogP contribution in [0, 0.1) is 24.7 Å². The van der Waals surface area contributed by atoms with E-state index in [2.05, 4.69) is 53.2 Å². The number of benzene rings is 2. The van der Waals surface area contributed by atoms with Gasteiger partial charge >= 0.3 is 0 Å². The summed E-state index contributed by atoms with van der Waals surface area (Å²) in [4.78, 5) is 12.7. The van der Waals surface area contributed by atoms with Crippen molar-refractivity contribution in [2.75, 3.05) is 22.5 Å². The van der Waals surface area contributed by atoms with Gasteiger partial charge in [-0.25, -0.2) is 0 Å². The number of amides is 1. The van der Waals surface area contributed by atoms with Crippen molar-refractivity contribution in [2.45, 2.75) is 64.3 Å². The number of carbonyl (C=O) groups is 1. The molecule has 164 valence electrons. The first kappa shape index (κ1) is 20.4. The van der Waals surface area contributed by atoms with E-state index in [4.69, 9.17) is 0 Å². The molecule has 6 rings (SSSR count). The van der Waals surface area contributed by atoms with Gasteiger partial charge in [0.2, 0.25) is 5.91 Å². The van der Waals surface area contributed by atoms with Gasteiger partial charge in [0.1, 0.15) is 0 Å². The van der Waals surface area contributed by atoms with Crippen molar-refractivity contribution in [3.8, 4) is 0 Å². The predicted octanol–water partition coefficient (Wildman–Crippen LogP) is 5.99. The molecule has 0 heterocycles. The number of anilines is 3. The summed E-state index contributed by atoms with van der Waals surface area (Å²) in [6.45, 7) is 4.43. The van der Waals surface area contributed by atoms with Crippen LogP contribution in [0.3, 0.4) is 0 Å². The summed E-state index contributed by atoms with van der Waals surface area (Å²) in [6, 6.07) is 14.6. The fraction of sp³-hybridized carbons (Fsp3) is 0.519. The number of aryl methyl sites for hydroxylation is 2. The van der Waals surface area contributed by atoms with E-state index in [1.807, 2.05) is 19.1 Å². The van der Waals surface area contributed by atoms with Gasteiger partial charge in [-0.3, -0.25) is 4.79 Å². The van der Waals surface area contributed by atoms with Crippen molar-refractivity contribution in [2.24, 2.45) is 17.8 Å². The molecule has 4 aliphatic carbocycles. The Morgan fingerprint density at radius 1 is 0.935 bits per heavy atom. The predicted molar refractivity (Wildman–Crippen MR) is 129 cm³/mol. The molecule has 4 nitrogen and oxygen atoms in total. The highest BCUT2D eigenvalue weighted by Crippen LogP contribution is 2.56. The average molecular weight is 418 g/mol. The standard InChI is InChI=1S/C27H35N3O/c1-3-22-8-6-7-18(2)26(22)29-25(31)17-28-23-9-4-5-10-24(23)30-27-14-19-11-20(15-27)13-21(12-19)16-27/h4-10,19-21,28,30H,3,11-17H2,1-2H3,(H,29,31). The zero-order valence-corrected chi connectivity index (χ0v) is 18.8. The summed E-state index contributed by atoms with van der Waals surface area (Å²) in [5.74, 6) is 2.72. The van der Waals surface area contributed by atoms with E-state index < -0.39 is 0 Å². The van der Waals surface area contributed by atoms with Crippen LogP contribution in [0.15, 0.2) is 42.5 Å². The molecular formula is C27H35N3O. The Bertz CT molecular complexity index is 931. The van der Waals surface area contributed by atoms with Gasteiger partial charge in [0.05, 0.1) is 17.9 Å². The zero-order chi connectivity index (χ0) is 21.4. The third-order valence-corrected chi connectivity index (χ3v) is 7.81. The van der Waals surface area contributed by atoms with E-state index in [1.54, 1.807) is 0 Å². The molecular weight excluding hydrogens is 382 g/mol. The fourth-order valence-corrected chi connectivity index (χ4v) is 6.86. The largest absolute Gasteiger partial charge is 0.378 e. The first-order chi connectivity index (χ1) is 15.0. The Morgan fingerprint density at radius 2 is 1.58 bits per heavy atom. The van der Waals surface area contributed by atoms with E-state index in [-0.39, 0.29) is 18.0 Å². The van der Waals surface area contributed by atoms with Gasteiger partial charge in [0.15, 0.2) is 0 Å². The molecule has 2 aromatic rings. The molecule has 1 amide bonds. The third-order valence-electron chi connectivity index (χ3n) is 7.81. The summed E-state index contributed by atoms with van der Waals surface area (Å²) in [5.41, 5.74) is 5.66. The van der Waals surface area contributed by atoms with E-state index in [0.29, 0.717) is 0 Å². The SMILES string of the molecule is CCc1cccc(C)c1NC(=O)CNc1ccccc1NC12CC3CC(CC(C3)C1)C2. The minimum atomic E-state index is -0.00592. The Morgan fingerprint density at radius 3 is 2.23 bits per heavy atom. The first-order valence-electron chi connectivity index (χ1n) is 12.0. The molecule has 4 saturated carbocycles. The van der Waals surface area contributed by atoms with Crippen molar-refractivity contribution in [3.63, 3.8) is 0 Å². The second-order valence-electron chi connectivity index (χ2n) is 10.2. The van der Waals surface area contributed by atoms with Gasteiger partial charge in [-0.15, -0.1) is 0 Å². The van der Waals surface area contributed by atoms with Crippen LogP contribution < -0.4 is 16.0 Å². The lowest BCUT2D eigenvalue weighted by Crippen LogP contribution is -2.54. The summed E-state index contributed by atoms with van der Waals surface area (Å²) >= 11 is 0. The van der Waals surface area contributed by atoms with Crippen molar-refractivity contribution in [3.05, 3.63) is 53.6 Å². The number of hydrogen-bond acceptors (Lipinski definition) is 3. The van der Waals surface area contributed by atoms with Gasteiger partial charge in [-0.2, -0.15) is 0 Å². The van der Waals surface area contributed by atoms with Crippen LogP contribution in [0.5, 0.6) is 0 Å². The summed E-state index contributed by atoms with van der Waals surface area (Å²) in [6.07, 6.45) is 9.16. The molecule has 4 bridgehead atoms. The Balaban J connectivity index is 1.26. The number of nitrogens with one attached hydrogen (secondary N) is 3. The molecule has 4 aliphatic rings. The van der Waals surface area contributed by atoms with E-state index in [0.717, 1.165) is 46.8 Å². The summed E-state index contributed by atoms with van der Waals surface area (Å²) in [7, 11) is 0. The van der Waals surface area contributed by atoms with Gasteiger partial charge in [-0.1, -0.05) is 37.3 Å². The topological polar surface area (TPSA) is 53.2 Å². The quantitative estimate of drug-likeness (QED) is 0.519. The molecule has 2 aromatic carbocycles. The zero-order valence-electron chi connectivity index (χ0n) is 18.8. The van der Waals surface area contributed by atoms with Crippen molar-refractivity contribution < 1.29 is 4.79 Å². The Labute approximate surface area is 186 Å². The van der Waals surface area contributed by atoms with Gasteiger partial charge in [-0.05, 0) is 92.9 Å². The van der Waals surface area contributed by atoms with E-state index >= 15 is 0 Å². The van der Waals surface area contributed by atoms with Crippen LogP contribution in [0.4, 0.5) is 17.1 Å². The maximum absolute atomic E-state index is 12.7. The van der Waals surface area contributed by atoms with Crippen LogP contribution in [-0.2, 0) is 11.2 Å². The molecule has 31 heavy (non-hydrogen) atoms. The lowest BCUT2D eigenvalue weighted by molar-refractivity contribution is -0.114. The number of para-hydroxylation sites is 3. The average Bonchev–Trinajstić information content (AvgIpc) is 2.73. The lowest BCUT2D eigenvalue weighted by Gasteiger charge is -2.57. The van der Waals surface area contributed by atoms with E-state index in [9.17, 15) is 4.79 Å². The van der Waals surface area contributed by atoms with Gasteiger partial charge in [0.25, 0.3) is 0 Å². The van der Waals surface area contributed by atoms with Gasteiger partial charge < -0.3 is 16.0 Å². The molecule has 0 aromatic heterocycles. The monoisotopic (exact) mass is 417 g/mol. The Kier molecular flexibility index (Phi) is 5.41. The number of carbonyl (C=O) groups excluding carboxylic acids is 1. The maximum Gasteiger partial charge on any atom is 0.243 e. The van der Waals surface area contributed by atoms with Crippen molar-refractivity contribution >= 4 is 23.0 Å². The molecule has 0 radical (unpaired) electrons. The maximum atomic E-state index is 12.7. The molecule has 4 fully saturated rings. The lowest BCUT2D eigenvalue weighted by atomic mass is 9.53. The molecule has 3 N–H and O–H groups in total. The molecule has 0 aliphatic heterocycles. The van der Waals surface area contributed by atoms with Gasteiger partial charge in [0, 0.05) is 11.2 Å².